The van der Waals surface area contributed by atoms with Crippen LogP contribution in [-0.2, 0) is 6.42 Å². The maximum absolute atomic E-state index is 13.3. The lowest BCUT2D eigenvalue weighted by Crippen LogP contribution is -2.39. The van der Waals surface area contributed by atoms with Crippen LogP contribution in [0.5, 0.6) is 0 Å². The molecule has 1 heterocycles. The SMILES string of the molecule is CN=C(NCCc1c[nH]c2ccc(F)cc12)NCC(C)C. The van der Waals surface area contributed by atoms with Crippen LogP contribution in [0.25, 0.3) is 10.9 Å². The maximum Gasteiger partial charge on any atom is 0.190 e. The second-order valence-corrected chi connectivity index (χ2v) is 5.53. The van der Waals surface area contributed by atoms with E-state index in [1.54, 1.807) is 19.2 Å². The quantitative estimate of drug-likeness (QED) is 0.586. The smallest absolute Gasteiger partial charge is 0.190 e. The molecular formula is C16H23FN4. The molecular weight excluding hydrogens is 267 g/mol. The fraction of sp³-hybridized carbons (Fsp3) is 0.438. The number of benzene rings is 1. The van der Waals surface area contributed by atoms with Crippen LogP contribution < -0.4 is 10.6 Å². The molecule has 0 aliphatic carbocycles. The van der Waals surface area contributed by atoms with Gasteiger partial charge in [0.25, 0.3) is 0 Å². The first-order valence-electron chi connectivity index (χ1n) is 7.30. The highest BCUT2D eigenvalue weighted by atomic mass is 19.1. The van der Waals surface area contributed by atoms with Gasteiger partial charge in [0.05, 0.1) is 0 Å². The van der Waals surface area contributed by atoms with Crippen LogP contribution in [0.15, 0.2) is 29.4 Å². The highest BCUT2D eigenvalue weighted by molar-refractivity contribution is 5.83. The fourth-order valence-corrected chi connectivity index (χ4v) is 2.19. The Balaban J connectivity index is 1.91. The van der Waals surface area contributed by atoms with Gasteiger partial charge in [-0.1, -0.05) is 13.8 Å². The number of hydrogen-bond donors (Lipinski definition) is 3. The van der Waals surface area contributed by atoms with Crippen molar-refractivity contribution >= 4 is 16.9 Å². The van der Waals surface area contributed by atoms with Crippen LogP contribution in [0.4, 0.5) is 4.39 Å². The van der Waals surface area contributed by atoms with Crippen molar-refractivity contribution in [1.82, 2.24) is 15.6 Å². The summed E-state index contributed by atoms with van der Waals surface area (Å²) in [5.41, 5.74) is 2.07. The summed E-state index contributed by atoms with van der Waals surface area (Å²) in [6, 6.07) is 4.82. The van der Waals surface area contributed by atoms with Gasteiger partial charge in [0.2, 0.25) is 0 Å². The van der Waals surface area contributed by atoms with Gasteiger partial charge in [-0.2, -0.15) is 0 Å². The normalized spacial score (nSPS) is 12.1. The lowest BCUT2D eigenvalue weighted by Gasteiger charge is -2.13. The van der Waals surface area contributed by atoms with Gasteiger partial charge < -0.3 is 15.6 Å². The molecule has 114 valence electrons. The Bertz CT molecular complexity index is 616. The van der Waals surface area contributed by atoms with Crippen LogP contribution >= 0.6 is 0 Å². The third kappa shape index (κ3) is 4.21. The predicted molar refractivity (Wildman–Crippen MR) is 86.2 cm³/mol. The molecule has 0 atom stereocenters. The molecule has 21 heavy (non-hydrogen) atoms. The van der Waals surface area contributed by atoms with Crippen molar-refractivity contribution in [2.75, 3.05) is 20.1 Å². The number of nitrogens with one attached hydrogen (secondary N) is 3. The van der Waals surface area contributed by atoms with Gasteiger partial charge in [-0.3, -0.25) is 4.99 Å². The van der Waals surface area contributed by atoms with E-state index in [4.69, 9.17) is 0 Å². The average Bonchev–Trinajstić information content (AvgIpc) is 2.85. The standard InChI is InChI=1S/C16H23FN4/c1-11(2)9-21-16(18-3)19-7-6-12-10-20-15-5-4-13(17)8-14(12)15/h4-5,8,10-11,20H,6-7,9H2,1-3H3,(H2,18,19,21). The highest BCUT2D eigenvalue weighted by Crippen LogP contribution is 2.19. The molecule has 0 fully saturated rings. The molecule has 5 heteroatoms. The number of aliphatic imine (C=N–C) groups is 1. The van der Waals surface area contributed by atoms with Gasteiger partial charge in [-0.05, 0) is 36.1 Å². The maximum atomic E-state index is 13.3. The number of rotatable bonds is 5. The van der Waals surface area contributed by atoms with Gasteiger partial charge >= 0.3 is 0 Å². The third-order valence-electron chi connectivity index (χ3n) is 3.32. The monoisotopic (exact) mass is 290 g/mol. The molecule has 0 amide bonds. The van der Waals surface area contributed by atoms with E-state index in [2.05, 4.69) is 34.5 Å². The van der Waals surface area contributed by atoms with Gasteiger partial charge in [0.1, 0.15) is 5.82 Å². The minimum absolute atomic E-state index is 0.203. The van der Waals surface area contributed by atoms with Crippen molar-refractivity contribution in [3.8, 4) is 0 Å². The van der Waals surface area contributed by atoms with Crippen molar-refractivity contribution in [2.45, 2.75) is 20.3 Å². The molecule has 0 radical (unpaired) electrons. The zero-order valence-electron chi connectivity index (χ0n) is 12.8. The van der Waals surface area contributed by atoms with Crippen molar-refractivity contribution < 1.29 is 4.39 Å². The van der Waals surface area contributed by atoms with Crippen LogP contribution in [0.3, 0.4) is 0 Å². The molecule has 0 saturated carbocycles. The average molecular weight is 290 g/mol. The van der Waals surface area contributed by atoms with Crippen LogP contribution in [0.2, 0.25) is 0 Å². The molecule has 2 rings (SSSR count). The number of hydrogen-bond acceptors (Lipinski definition) is 1. The van der Waals surface area contributed by atoms with Crippen molar-refractivity contribution in [3.05, 3.63) is 35.8 Å². The summed E-state index contributed by atoms with van der Waals surface area (Å²) in [6.45, 7) is 5.95. The van der Waals surface area contributed by atoms with Crippen molar-refractivity contribution in [3.63, 3.8) is 0 Å². The third-order valence-corrected chi connectivity index (χ3v) is 3.32. The van der Waals surface area contributed by atoms with E-state index in [1.165, 1.54) is 6.07 Å². The zero-order chi connectivity index (χ0) is 15.2. The molecule has 0 aliphatic heterocycles. The Morgan fingerprint density at radius 1 is 1.33 bits per heavy atom. The predicted octanol–water partition coefficient (Wildman–Crippen LogP) is 2.67. The van der Waals surface area contributed by atoms with E-state index < -0.39 is 0 Å². The number of nitrogens with zero attached hydrogens (tertiary/aromatic N) is 1. The molecule has 0 aliphatic rings. The number of aromatic amines is 1. The molecule has 0 saturated heterocycles. The largest absolute Gasteiger partial charge is 0.361 e. The summed E-state index contributed by atoms with van der Waals surface area (Å²) in [5, 5.41) is 7.49. The van der Waals surface area contributed by atoms with Gasteiger partial charge in [-0.15, -0.1) is 0 Å². The second kappa shape index (κ2) is 7.11. The van der Waals surface area contributed by atoms with Crippen molar-refractivity contribution in [1.29, 1.82) is 0 Å². The summed E-state index contributed by atoms with van der Waals surface area (Å²) in [6.07, 6.45) is 2.75. The van der Waals surface area contributed by atoms with Crippen molar-refractivity contribution in [2.24, 2.45) is 10.9 Å². The Kier molecular flexibility index (Phi) is 5.20. The summed E-state index contributed by atoms with van der Waals surface area (Å²) >= 11 is 0. The Labute approximate surface area is 124 Å². The van der Waals surface area contributed by atoms with E-state index in [9.17, 15) is 4.39 Å². The minimum atomic E-state index is -0.203. The van der Waals surface area contributed by atoms with E-state index in [-0.39, 0.29) is 5.82 Å². The number of fused-ring (bicyclic) bond motifs is 1. The molecule has 3 N–H and O–H groups in total. The highest BCUT2D eigenvalue weighted by Gasteiger charge is 2.05. The Hall–Kier alpha value is -2.04. The molecule has 4 nitrogen and oxygen atoms in total. The van der Waals surface area contributed by atoms with Crippen LogP contribution in [0, 0.1) is 11.7 Å². The van der Waals surface area contributed by atoms with E-state index in [0.717, 1.165) is 41.9 Å². The number of H-pyrrole nitrogens is 1. The summed E-state index contributed by atoms with van der Waals surface area (Å²) in [7, 11) is 1.76. The van der Waals surface area contributed by atoms with Gasteiger partial charge in [-0.25, -0.2) is 4.39 Å². The number of guanidine groups is 1. The fourth-order valence-electron chi connectivity index (χ4n) is 2.19. The first-order valence-corrected chi connectivity index (χ1v) is 7.30. The van der Waals surface area contributed by atoms with E-state index >= 15 is 0 Å². The Morgan fingerprint density at radius 2 is 2.14 bits per heavy atom. The molecule has 0 bridgehead atoms. The Morgan fingerprint density at radius 3 is 2.86 bits per heavy atom. The summed E-state index contributed by atoms with van der Waals surface area (Å²) < 4.78 is 13.3. The van der Waals surface area contributed by atoms with Crippen LogP contribution in [0.1, 0.15) is 19.4 Å². The van der Waals surface area contributed by atoms with Crippen LogP contribution in [-0.4, -0.2) is 31.1 Å². The molecule has 0 spiro atoms. The molecule has 1 aromatic carbocycles. The summed E-state index contributed by atoms with van der Waals surface area (Å²) in [4.78, 5) is 7.35. The molecule has 1 aromatic heterocycles. The lowest BCUT2D eigenvalue weighted by molar-refractivity contribution is 0.614. The minimum Gasteiger partial charge on any atom is -0.361 e. The first-order chi connectivity index (χ1) is 10.1. The second-order valence-electron chi connectivity index (χ2n) is 5.53. The molecule has 0 unspecified atom stereocenters. The number of halogens is 1. The van der Waals surface area contributed by atoms with E-state index in [0.29, 0.717) is 5.92 Å². The zero-order valence-corrected chi connectivity index (χ0v) is 12.8. The van der Waals surface area contributed by atoms with E-state index in [1.807, 2.05) is 6.20 Å². The van der Waals surface area contributed by atoms with Gasteiger partial charge in [0.15, 0.2) is 5.96 Å². The molecule has 2 aromatic rings. The lowest BCUT2D eigenvalue weighted by atomic mass is 10.1. The first kappa shape index (κ1) is 15.4. The summed E-state index contributed by atoms with van der Waals surface area (Å²) in [5.74, 6) is 1.17. The topological polar surface area (TPSA) is 52.2 Å². The van der Waals surface area contributed by atoms with Gasteiger partial charge in [0, 0.05) is 37.2 Å². The number of aromatic nitrogens is 1.